The van der Waals surface area contributed by atoms with Crippen molar-refractivity contribution >= 4 is 24.1 Å². The van der Waals surface area contributed by atoms with E-state index in [1.54, 1.807) is 30.3 Å². The summed E-state index contributed by atoms with van der Waals surface area (Å²) in [6.45, 7) is 9.30. The molecule has 232 valence electrons. The highest BCUT2D eigenvalue weighted by Gasteiger charge is 2.14. The highest BCUT2D eigenvalue weighted by atomic mass is 16.6. The number of benzene rings is 2. The van der Waals surface area contributed by atoms with Crippen LogP contribution in [0.3, 0.4) is 0 Å². The van der Waals surface area contributed by atoms with Gasteiger partial charge in [0, 0.05) is 19.1 Å². The molecule has 0 bridgehead atoms. The summed E-state index contributed by atoms with van der Waals surface area (Å²) < 4.78 is 31.9. The molecule has 2 aromatic carbocycles. The van der Waals surface area contributed by atoms with E-state index < -0.39 is 5.97 Å². The fourth-order valence-corrected chi connectivity index (χ4v) is 3.80. The van der Waals surface area contributed by atoms with Crippen molar-refractivity contribution in [2.45, 2.75) is 25.8 Å². The first-order valence-corrected chi connectivity index (χ1v) is 14.3. The maximum atomic E-state index is 12.3. The number of nitriles is 1. The molecule has 2 aromatic rings. The van der Waals surface area contributed by atoms with E-state index in [4.69, 9.17) is 28.4 Å². The van der Waals surface area contributed by atoms with Crippen LogP contribution in [0.4, 0.5) is 0 Å². The fraction of sp³-hybridized carbons (Fsp3) is 0.424. The van der Waals surface area contributed by atoms with Gasteiger partial charge in [-0.2, -0.15) is 5.26 Å². The van der Waals surface area contributed by atoms with Gasteiger partial charge >= 0.3 is 11.9 Å². The molecule has 0 amide bonds. The van der Waals surface area contributed by atoms with Gasteiger partial charge < -0.3 is 33.7 Å². The molecule has 0 aliphatic rings. The second kappa shape index (κ2) is 21.8. The van der Waals surface area contributed by atoms with Gasteiger partial charge in [-0.05, 0) is 55.3 Å². The number of ether oxygens (including phenoxy) is 6. The van der Waals surface area contributed by atoms with E-state index >= 15 is 0 Å². The molecule has 0 fully saturated rings. The Morgan fingerprint density at radius 1 is 0.860 bits per heavy atom. The number of rotatable bonds is 22. The quantitative estimate of drug-likeness (QED) is 0.0684. The highest BCUT2D eigenvalue weighted by Crippen LogP contribution is 2.21. The van der Waals surface area contributed by atoms with Crippen LogP contribution in [0.15, 0.2) is 60.7 Å². The van der Waals surface area contributed by atoms with Gasteiger partial charge in [-0.25, -0.2) is 4.79 Å². The zero-order valence-electron chi connectivity index (χ0n) is 25.0. The van der Waals surface area contributed by atoms with Crippen molar-refractivity contribution in [3.63, 3.8) is 0 Å². The summed E-state index contributed by atoms with van der Waals surface area (Å²) in [5, 5.41) is 12.7. The molecule has 0 radical (unpaired) electrons. The Hall–Kier alpha value is -3.85. The molecular formula is C33H42N2O8. The summed E-state index contributed by atoms with van der Waals surface area (Å²) in [6.07, 6.45) is 3.95. The minimum Gasteiger partial charge on any atom is -0.459 e. The third kappa shape index (κ3) is 14.7. The van der Waals surface area contributed by atoms with Crippen LogP contribution >= 0.6 is 0 Å². The first-order valence-electron chi connectivity index (χ1n) is 14.3. The largest absolute Gasteiger partial charge is 0.459 e. The molecule has 0 aromatic heterocycles. The Morgan fingerprint density at radius 2 is 1.42 bits per heavy atom. The van der Waals surface area contributed by atoms with Crippen LogP contribution in [0.5, 0.6) is 5.75 Å². The first-order chi connectivity index (χ1) is 21.0. The van der Waals surface area contributed by atoms with E-state index in [9.17, 15) is 14.9 Å². The lowest BCUT2D eigenvalue weighted by Gasteiger charge is -2.16. The van der Waals surface area contributed by atoms with Crippen molar-refractivity contribution in [1.29, 1.82) is 5.26 Å². The van der Waals surface area contributed by atoms with Gasteiger partial charge in [0.1, 0.15) is 24.0 Å². The van der Waals surface area contributed by atoms with E-state index in [2.05, 4.69) is 11.9 Å². The molecule has 1 unspecified atom stereocenters. The van der Waals surface area contributed by atoms with Crippen molar-refractivity contribution in [1.82, 2.24) is 5.32 Å². The summed E-state index contributed by atoms with van der Waals surface area (Å²) in [4.78, 5) is 24.7. The second-order valence-electron chi connectivity index (χ2n) is 9.13. The highest BCUT2D eigenvalue weighted by molar-refractivity contribution is 5.97. The minimum absolute atomic E-state index is 0.0176. The molecule has 1 atom stereocenters. The van der Waals surface area contributed by atoms with Crippen LogP contribution in [0.1, 0.15) is 42.5 Å². The molecule has 0 spiro atoms. The smallest absolute Gasteiger partial charge is 0.348 e. The fourth-order valence-electron chi connectivity index (χ4n) is 3.80. The predicted octanol–water partition coefficient (Wildman–Crippen LogP) is 4.51. The lowest BCUT2D eigenvalue weighted by Crippen LogP contribution is -2.19. The SMILES string of the molecule is C=Cc1ccc(OC(=O)CCC(NC)c2ccc(/C=C(\C#N)C(=O)OCCOCCOCCOCCOCC)cc2)cc1. The second-order valence-corrected chi connectivity index (χ2v) is 9.13. The predicted molar refractivity (Wildman–Crippen MR) is 163 cm³/mol. The van der Waals surface area contributed by atoms with Gasteiger partial charge in [-0.3, -0.25) is 4.79 Å². The van der Waals surface area contributed by atoms with Crippen LogP contribution < -0.4 is 10.1 Å². The molecule has 0 aliphatic heterocycles. The van der Waals surface area contributed by atoms with E-state index in [1.165, 1.54) is 6.08 Å². The number of nitrogens with one attached hydrogen (secondary N) is 1. The van der Waals surface area contributed by atoms with Crippen molar-refractivity contribution in [3.8, 4) is 11.8 Å². The molecule has 0 heterocycles. The van der Waals surface area contributed by atoms with Crippen molar-refractivity contribution in [3.05, 3.63) is 77.4 Å². The number of hydrogen-bond donors (Lipinski definition) is 1. The standard InChI is InChI=1S/C33H42N2O8/c1-4-26-8-12-30(13-9-26)43-32(36)15-14-31(35-3)28-10-6-27(7-11-28)24-29(25-34)33(37)42-23-22-41-21-20-40-19-18-39-17-16-38-5-2/h4,6-13,24,31,35H,1,5,14-23H2,2-3H3/b29-24+. The minimum atomic E-state index is -0.721. The average Bonchev–Trinajstić information content (AvgIpc) is 3.03. The Morgan fingerprint density at radius 3 is 1.95 bits per heavy atom. The molecule has 2 rings (SSSR count). The number of nitrogens with zero attached hydrogens (tertiary/aromatic N) is 1. The van der Waals surface area contributed by atoms with Crippen LogP contribution in [0, 0.1) is 11.3 Å². The molecular weight excluding hydrogens is 552 g/mol. The maximum Gasteiger partial charge on any atom is 0.348 e. The topological polar surface area (TPSA) is 125 Å². The Labute approximate surface area is 254 Å². The lowest BCUT2D eigenvalue weighted by molar-refractivity contribution is -0.140. The maximum absolute atomic E-state index is 12.3. The molecule has 10 nitrogen and oxygen atoms in total. The van der Waals surface area contributed by atoms with Gasteiger partial charge in [0.15, 0.2) is 0 Å². The van der Waals surface area contributed by atoms with Crippen LogP contribution in [-0.4, -0.2) is 78.4 Å². The molecule has 0 saturated heterocycles. The molecule has 1 N–H and O–H groups in total. The number of hydrogen-bond acceptors (Lipinski definition) is 10. The molecule has 0 aliphatic carbocycles. The molecule has 0 saturated carbocycles. The van der Waals surface area contributed by atoms with E-state index in [0.717, 1.165) is 11.1 Å². The lowest BCUT2D eigenvalue weighted by atomic mass is 10.00. The summed E-state index contributed by atoms with van der Waals surface area (Å²) in [5.41, 5.74) is 2.46. The summed E-state index contributed by atoms with van der Waals surface area (Å²) in [5.74, 6) is -0.554. The van der Waals surface area contributed by atoms with E-state index in [0.29, 0.717) is 64.0 Å². The first kappa shape index (κ1) is 35.3. The summed E-state index contributed by atoms with van der Waals surface area (Å²) >= 11 is 0. The third-order valence-corrected chi connectivity index (χ3v) is 6.10. The number of carbonyl (C=O) groups excluding carboxylic acids is 2. The summed E-state index contributed by atoms with van der Waals surface area (Å²) in [7, 11) is 1.82. The van der Waals surface area contributed by atoms with Crippen molar-refractivity contribution in [2.75, 3.05) is 66.5 Å². The third-order valence-electron chi connectivity index (χ3n) is 6.10. The monoisotopic (exact) mass is 594 g/mol. The number of esters is 2. The van der Waals surface area contributed by atoms with Gasteiger partial charge in [-0.15, -0.1) is 0 Å². The normalized spacial score (nSPS) is 11.9. The molecule has 43 heavy (non-hydrogen) atoms. The van der Waals surface area contributed by atoms with E-state index in [1.807, 2.05) is 44.3 Å². The van der Waals surface area contributed by atoms with Crippen LogP contribution in [0.25, 0.3) is 12.2 Å². The average molecular weight is 595 g/mol. The molecule has 10 heteroatoms. The van der Waals surface area contributed by atoms with Gasteiger partial charge in [0.05, 0.1) is 46.2 Å². The van der Waals surface area contributed by atoms with E-state index in [-0.39, 0.29) is 37.2 Å². The zero-order valence-corrected chi connectivity index (χ0v) is 25.0. The van der Waals surface area contributed by atoms with Gasteiger partial charge in [-0.1, -0.05) is 49.1 Å². The Balaban J connectivity index is 1.70. The van der Waals surface area contributed by atoms with Crippen LogP contribution in [0.2, 0.25) is 0 Å². The van der Waals surface area contributed by atoms with Gasteiger partial charge in [0.25, 0.3) is 0 Å². The van der Waals surface area contributed by atoms with Gasteiger partial charge in [0.2, 0.25) is 0 Å². The Kier molecular flexibility index (Phi) is 17.9. The number of carbonyl (C=O) groups is 2. The summed E-state index contributed by atoms with van der Waals surface area (Å²) in [6, 6.07) is 16.3. The van der Waals surface area contributed by atoms with Crippen molar-refractivity contribution in [2.24, 2.45) is 0 Å². The van der Waals surface area contributed by atoms with Crippen molar-refractivity contribution < 1.29 is 38.0 Å². The van der Waals surface area contributed by atoms with Crippen LogP contribution in [-0.2, 0) is 33.3 Å². The Bertz CT molecular complexity index is 1170. The zero-order chi connectivity index (χ0) is 31.1.